The normalized spacial score (nSPS) is 10.2. The Morgan fingerprint density at radius 2 is 1.85 bits per heavy atom. The zero-order valence-corrected chi connectivity index (χ0v) is 11.4. The fourth-order valence-electron chi connectivity index (χ4n) is 2.05. The van der Waals surface area contributed by atoms with Gasteiger partial charge in [0.1, 0.15) is 6.42 Å². The van der Waals surface area contributed by atoms with Gasteiger partial charge in [0.05, 0.1) is 6.61 Å². The fraction of sp³-hybridized carbons (Fsp3) is 0.250. The number of carbonyl (C=O) groups is 2. The molecule has 0 fully saturated rings. The Kier molecular flexibility index (Phi) is 4.71. The lowest BCUT2D eigenvalue weighted by Crippen LogP contribution is -2.26. The summed E-state index contributed by atoms with van der Waals surface area (Å²) in [5, 5.41) is 4.97. The molecule has 2 rings (SSSR count). The Hall–Kier alpha value is -2.36. The molecule has 2 aromatic rings. The number of nitrogens with one attached hydrogen (secondary N) is 1. The maximum Gasteiger partial charge on any atom is 0.315 e. The van der Waals surface area contributed by atoms with Crippen molar-refractivity contribution in [2.24, 2.45) is 0 Å². The molecule has 0 aliphatic rings. The van der Waals surface area contributed by atoms with Gasteiger partial charge >= 0.3 is 5.97 Å². The third kappa shape index (κ3) is 3.57. The van der Waals surface area contributed by atoms with E-state index in [0.717, 1.165) is 16.3 Å². The molecule has 0 heterocycles. The van der Waals surface area contributed by atoms with Crippen molar-refractivity contribution in [2.45, 2.75) is 19.9 Å². The monoisotopic (exact) mass is 271 g/mol. The highest BCUT2D eigenvalue weighted by molar-refractivity contribution is 5.94. The van der Waals surface area contributed by atoms with Crippen LogP contribution in [0, 0.1) is 0 Å². The summed E-state index contributed by atoms with van der Waals surface area (Å²) in [7, 11) is 0. The summed E-state index contributed by atoms with van der Waals surface area (Å²) in [4.78, 5) is 22.8. The quantitative estimate of drug-likeness (QED) is 0.671. The molecule has 2 aromatic carbocycles. The maximum absolute atomic E-state index is 11.6. The van der Waals surface area contributed by atoms with Crippen LogP contribution < -0.4 is 5.32 Å². The highest BCUT2D eigenvalue weighted by Gasteiger charge is 2.10. The lowest BCUT2D eigenvalue weighted by Gasteiger charge is -2.08. The smallest absolute Gasteiger partial charge is 0.315 e. The predicted molar refractivity (Wildman–Crippen MR) is 77.0 cm³/mol. The zero-order valence-electron chi connectivity index (χ0n) is 11.4. The molecule has 104 valence electrons. The van der Waals surface area contributed by atoms with E-state index in [1.807, 2.05) is 42.5 Å². The van der Waals surface area contributed by atoms with Crippen LogP contribution in [0.2, 0.25) is 0 Å². The van der Waals surface area contributed by atoms with E-state index in [0.29, 0.717) is 6.54 Å². The number of ether oxygens (including phenoxy) is 1. The van der Waals surface area contributed by atoms with E-state index in [2.05, 4.69) is 5.32 Å². The summed E-state index contributed by atoms with van der Waals surface area (Å²) in [6.07, 6.45) is -0.237. The van der Waals surface area contributed by atoms with Crippen molar-refractivity contribution >= 4 is 22.6 Å². The highest BCUT2D eigenvalue weighted by atomic mass is 16.5. The van der Waals surface area contributed by atoms with Crippen LogP contribution in [0.25, 0.3) is 10.8 Å². The van der Waals surface area contributed by atoms with Gasteiger partial charge in [-0.15, -0.1) is 0 Å². The second-order valence-corrected chi connectivity index (χ2v) is 4.40. The lowest BCUT2D eigenvalue weighted by molar-refractivity contribution is -0.145. The van der Waals surface area contributed by atoms with Crippen molar-refractivity contribution < 1.29 is 14.3 Å². The van der Waals surface area contributed by atoms with Gasteiger partial charge in [-0.2, -0.15) is 0 Å². The van der Waals surface area contributed by atoms with E-state index in [9.17, 15) is 9.59 Å². The second kappa shape index (κ2) is 6.70. The van der Waals surface area contributed by atoms with E-state index in [1.54, 1.807) is 6.92 Å². The minimum atomic E-state index is -0.497. The van der Waals surface area contributed by atoms with E-state index in [1.165, 1.54) is 0 Å². The molecule has 0 bridgehead atoms. The first-order valence-corrected chi connectivity index (χ1v) is 6.59. The molecule has 20 heavy (non-hydrogen) atoms. The van der Waals surface area contributed by atoms with Crippen LogP contribution in [0.4, 0.5) is 0 Å². The summed E-state index contributed by atoms with van der Waals surface area (Å²) in [5.74, 6) is -0.820. The average Bonchev–Trinajstić information content (AvgIpc) is 2.45. The first kappa shape index (κ1) is 14.1. The fourth-order valence-corrected chi connectivity index (χ4v) is 2.05. The molecule has 0 unspecified atom stereocenters. The van der Waals surface area contributed by atoms with Gasteiger partial charge in [0.15, 0.2) is 0 Å². The third-order valence-corrected chi connectivity index (χ3v) is 2.97. The number of benzene rings is 2. The van der Waals surface area contributed by atoms with E-state index in [-0.39, 0.29) is 18.9 Å². The summed E-state index contributed by atoms with van der Waals surface area (Å²) in [6.45, 7) is 2.40. The largest absolute Gasteiger partial charge is 0.466 e. The van der Waals surface area contributed by atoms with Crippen LogP contribution in [0.15, 0.2) is 42.5 Å². The van der Waals surface area contributed by atoms with Gasteiger partial charge in [-0.25, -0.2) is 0 Å². The van der Waals surface area contributed by atoms with Crippen LogP contribution in [0.3, 0.4) is 0 Å². The van der Waals surface area contributed by atoms with Crippen molar-refractivity contribution in [2.75, 3.05) is 6.61 Å². The van der Waals surface area contributed by atoms with E-state index >= 15 is 0 Å². The molecular formula is C16H17NO3. The maximum atomic E-state index is 11.6. The standard InChI is InChI=1S/C16H17NO3/c1-2-20-16(19)10-15(18)17-11-13-8-5-7-12-6-3-4-9-14(12)13/h3-9H,2,10-11H2,1H3,(H,17,18). The van der Waals surface area contributed by atoms with Crippen LogP contribution in [-0.2, 0) is 20.9 Å². The second-order valence-electron chi connectivity index (χ2n) is 4.40. The first-order valence-electron chi connectivity index (χ1n) is 6.59. The summed E-state index contributed by atoms with van der Waals surface area (Å²) in [5.41, 5.74) is 1.03. The molecule has 0 aliphatic carbocycles. The molecule has 4 nitrogen and oxygen atoms in total. The van der Waals surface area contributed by atoms with Crippen LogP contribution in [-0.4, -0.2) is 18.5 Å². The van der Waals surface area contributed by atoms with E-state index < -0.39 is 5.97 Å². The Morgan fingerprint density at radius 3 is 2.65 bits per heavy atom. The number of fused-ring (bicyclic) bond motifs is 1. The van der Waals surface area contributed by atoms with Crippen LogP contribution in [0.1, 0.15) is 18.9 Å². The third-order valence-electron chi connectivity index (χ3n) is 2.97. The highest BCUT2D eigenvalue weighted by Crippen LogP contribution is 2.18. The summed E-state index contributed by atoms with van der Waals surface area (Å²) >= 11 is 0. The topological polar surface area (TPSA) is 55.4 Å². The molecule has 0 radical (unpaired) electrons. The Morgan fingerprint density at radius 1 is 1.10 bits per heavy atom. The molecule has 0 saturated heterocycles. The van der Waals surface area contributed by atoms with Gasteiger partial charge in [0, 0.05) is 6.54 Å². The predicted octanol–water partition coefficient (Wildman–Crippen LogP) is 2.41. The van der Waals surface area contributed by atoms with Crippen LogP contribution in [0.5, 0.6) is 0 Å². The lowest BCUT2D eigenvalue weighted by atomic mass is 10.0. The van der Waals surface area contributed by atoms with Crippen molar-refractivity contribution in [1.82, 2.24) is 5.32 Å². The van der Waals surface area contributed by atoms with Crippen molar-refractivity contribution in [3.63, 3.8) is 0 Å². The average molecular weight is 271 g/mol. The van der Waals surface area contributed by atoms with Gasteiger partial charge in [-0.3, -0.25) is 9.59 Å². The molecule has 1 N–H and O–H groups in total. The van der Waals surface area contributed by atoms with E-state index in [4.69, 9.17) is 4.74 Å². The number of esters is 1. The molecular weight excluding hydrogens is 254 g/mol. The van der Waals surface area contributed by atoms with Gasteiger partial charge < -0.3 is 10.1 Å². The molecule has 1 amide bonds. The van der Waals surface area contributed by atoms with Gasteiger partial charge in [-0.05, 0) is 23.3 Å². The minimum Gasteiger partial charge on any atom is -0.466 e. The molecule has 0 atom stereocenters. The first-order chi connectivity index (χ1) is 9.70. The number of amides is 1. The number of rotatable bonds is 5. The molecule has 0 aliphatic heterocycles. The van der Waals surface area contributed by atoms with Gasteiger partial charge in [0.2, 0.25) is 5.91 Å². The number of carbonyl (C=O) groups excluding carboxylic acids is 2. The molecule has 4 heteroatoms. The number of hydrogen-bond donors (Lipinski definition) is 1. The SMILES string of the molecule is CCOC(=O)CC(=O)NCc1cccc2ccccc12. The zero-order chi connectivity index (χ0) is 14.4. The Balaban J connectivity index is 1.99. The minimum absolute atomic E-state index is 0.237. The Bertz CT molecular complexity index is 617. The summed E-state index contributed by atoms with van der Waals surface area (Å²) < 4.78 is 4.74. The van der Waals surface area contributed by atoms with Crippen molar-refractivity contribution in [1.29, 1.82) is 0 Å². The molecule has 0 saturated carbocycles. The number of hydrogen-bond acceptors (Lipinski definition) is 3. The molecule has 0 spiro atoms. The summed E-state index contributed by atoms with van der Waals surface area (Å²) in [6, 6.07) is 13.9. The molecule has 0 aromatic heterocycles. The van der Waals surface area contributed by atoms with Gasteiger partial charge in [0.25, 0.3) is 0 Å². The van der Waals surface area contributed by atoms with Crippen molar-refractivity contribution in [3.8, 4) is 0 Å². The van der Waals surface area contributed by atoms with Gasteiger partial charge in [-0.1, -0.05) is 42.5 Å². The Labute approximate surface area is 117 Å². The van der Waals surface area contributed by atoms with Crippen molar-refractivity contribution in [3.05, 3.63) is 48.0 Å². The van der Waals surface area contributed by atoms with Crippen LogP contribution >= 0.6 is 0 Å².